The van der Waals surface area contributed by atoms with Gasteiger partial charge < -0.3 is 10.2 Å². The van der Waals surface area contributed by atoms with E-state index >= 15 is 0 Å². The molecule has 182 valence electrons. The van der Waals surface area contributed by atoms with Gasteiger partial charge in [0.1, 0.15) is 0 Å². The molecule has 2 aliphatic heterocycles. The molecule has 0 spiro atoms. The second-order valence-electron chi connectivity index (χ2n) is 8.39. The summed E-state index contributed by atoms with van der Waals surface area (Å²) >= 11 is 0. The summed E-state index contributed by atoms with van der Waals surface area (Å²) in [5.74, 6) is 0.248. The number of amides is 2. The predicted molar refractivity (Wildman–Crippen MR) is 118 cm³/mol. The van der Waals surface area contributed by atoms with Crippen LogP contribution >= 0.6 is 0 Å². The van der Waals surface area contributed by atoms with Gasteiger partial charge in [0.2, 0.25) is 0 Å². The maximum atomic E-state index is 13.2. The van der Waals surface area contributed by atoms with Crippen molar-refractivity contribution in [2.24, 2.45) is 0 Å². The number of alkyl halides is 6. The fourth-order valence-electron chi connectivity index (χ4n) is 4.44. The van der Waals surface area contributed by atoms with Crippen LogP contribution in [-0.2, 0) is 12.4 Å². The van der Waals surface area contributed by atoms with Crippen molar-refractivity contribution in [2.75, 3.05) is 28.2 Å². The van der Waals surface area contributed by atoms with E-state index in [1.54, 1.807) is 12.1 Å². The molecule has 0 radical (unpaired) electrons. The molecule has 2 aliphatic rings. The van der Waals surface area contributed by atoms with Crippen LogP contribution in [0.25, 0.3) is 11.3 Å². The standard InChI is InChI=1S/C24H18F6N4O/c25-23(26,27)15-4-1-3-14(11-15)19-7-8-20-21(32-19)34(18-9-10-33(20)13-18)22(35)31-17-6-2-5-16(12-17)24(28,29)30/h1-8,11-12,18H,9-10,13H2,(H,31,35)/t18-/m0/s1. The zero-order chi connectivity index (χ0) is 25.0. The van der Waals surface area contributed by atoms with Crippen molar-refractivity contribution in [3.63, 3.8) is 0 Å². The molecule has 2 aromatic carbocycles. The third-order valence-electron chi connectivity index (χ3n) is 6.10. The summed E-state index contributed by atoms with van der Waals surface area (Å²) in [7, 11) is 0. The highest BCUT2D eigenvalue weighted by atomic mass is 19.4. The molecule has 11 heteroatoms. The quantitative estimate of drug-likeness (QED) is 0.420. The van der Waals surface area contributed by atoms with Crippen molar-refractivity contribution in [3.8, 4) is 11.3 Å². The monoisotopic (exact) mass is 492 g/mol. The van der Waals surface area contributed by atoms with Gasteiger partial charge >= 0.3 is 18.4 Å². The SMILES string of the molecule is O=C(Nc1cccc(C(F)(F)F)c1)N1c2nc(-c3cccc(C(F)(F)F)c3)ccc2N2CC[C@H]1C2. The number of fused-ring (bicyclic) bond motifs is 4. The minimum atomic E-state index is -4.56. The molecule has 0 unspecified atom stereocenters. The van der Waals surface area contributed by atoms with Crippen molar-refractivity contribution in [2.45, 2.75) is 24.8 Å². The minimum Gasteiger partial charge on any atom is -0.366 e. The first kappa shape index (κ1) is 23.0. The van der Waals surface area contributed by atoms with Crippen LogP contribution in [0.5, 0.6) is 0 Å². The van der Waals surface area contributed by atoms with Gasteiger partial charge in [-0.15, -0.1) is 0 Å². The Kier molecular flexibility index (Phi) is 5.37. The van der Waals surface area contributed by atoms with E-state index in [2.05, 4.69) is 10.3 Å². The number of anilines is 3. The molecule has 35 heavy (non-hydrogen) atoms. The number of hydrogen-bond donors (Lipinski definition) is 1. The van der Waals surface area contributed by atoms with Gasteiger partial charge in [-0.1, -0.05) is 18.2 Å². The lowest BCUT2D eigenvalue weighted by atomic mass is 10.1. The van der Waals surface area contributed by atoms with Crippen LogP contribution in [0.4, 0.5) is 48.3 Å². The average Bonchev–Trinajstić information content (AvgIpc) is 3.22. The van der Waals surface area contributed by atoms with Crippen LogP contribution < -0.4 is 15.1 Å². The lowest BCUT2D eigenvalue weighted by molar-refractivity contribution is -0.138. The molecule has 1 fully saturated rings. The van der Waals surface area contributed by atoms with Gasteiger partial charge in [0, 0.05) is 24.3 Å². The van der Waals surface area contributed by atoms with E-state index in [1.165, 1.54) is 29.2 Å². The van der Waals surface area contributed by atoms with Crippen LogP contribution in [0.15, 0.2) is 60.7 Å². The Balaban J connectivity index is 1.50. The highest BCUT2D eigenvalue weighted by molar-refractivity contribution is 6.04. The van der Waals surface area contributed by atoms with Crippen molar-refractivity contribution in [3.05, 3.63) is 71.8 Å². The Morgan fingerprint density at radius 3 is 2.31 bits per heavy atom. The van der Waals surface area contributed by atoms with Gasteiger partial charge in [0.25, 0.3) is 0 Å². The second kappa shape index (κ2) is 8.17. The molecular weight excluding hydrogens is 474 g/mol. The maximum Gasteiger partial charge on any atom is 0.416 e. The number of urea groups is 1. The normalized spacial score (nSPS) is 17.4. The molecule has 3 heterocycles. The van der Waals surface area contributed by atoms with Crippen molar-refractivity contribution in [1.82, 2.24) is 4.98 Å². The first-order valence-corrected chi connectivity index (χ1v) is 10.7. The number of nitrogens with zero attached hydrogens (tertiary/aromatic N) is 3. The highest BCUT2D eigenvalue weighted by Gasteiger charge is 2.40. The summed E-state index contributed by atoms with van der Waals surface area (Å²) in [6.07, 6.45) is -8.47. The van der Waals surface area contributed by atoms with Crippen LogP contribution in [0.3, 0.4) is 0 Å². The lowest BCUT2D eigenvalue weighted by Crippen LogP contribution is -2.48. The fraction of sp³-hybridized carbons (Fsp3) is 0.250. The fourth-order valence-corrected chi connectivity index (χ4v) is 4.44. The number of hydrogen-bond acceptors (Lipinski definition) is 3. The van der Waals surface area contributed by atoms with Gasteiger partial charge in [0.05, 0.1) is 28.6 Å². The van der Waals surface area contributed by atoms with Gasteiger partial charge in [0.15, 0.2) is 5.82 Å². The van der Waals surface area contributed by atoms with Crippen LogP contribution in [0.2, 0.25) is 0 Å². The number of rotatable bonds is 2. The summed E-state index contributed by atoms with van der Waals surface area (Å²) in [5.41, 5.74) is -0.638. The molecule has 5 nitrogen and oxygen atoms in total. The summed E-state index contributed by atoms with van der Waals surface area (Å²) in [4.78, 5) is 21.2. The summed E-state index contributed by atoms with van der Waals surface area (Å²) in [5, 5.41) is 2.52. The number of carbonyl (C=O) groups is 1. The summed E-state index contributed by atoms with van der Waals surface area (Å²) in [6, 6.07) is 11.4. The van der Waals surface area contributed by atoms with Gasteiger partial charge in [-0.2, -0.15) is 26.3 Å². The van der Waals surface area contributed by atoms with Gasteiger partial charge in [-0.25, -0.2) is 9.78 Å². The number of carbonyl (C=O) groups excluding carboxylic acids is 1. The smallest absolute Gasteiger partial charge is 0.366 e. The van der Waals surface area contributed by atoms with E-state index < -0.39 is 29.5 Å². The first-order valence-electron chi connectivity index (χ1n) is 10.7. The molecule has 2 bridgehead atoms. The maximum absolute atomic E-state index is 13.2. The molecule has 1 aromatic heterocycles. The predicted octanol–water partition coefficient (Wildman–Crippen LogP) is 6.42. The largest absolute Gasteiger partial charge is 0.416 e. The Morgan fingerprint density at radius 2 is 1.60 bits per heavy atom. The Bertz CT molecular complexity index is 1290. The molecule has 3 aromatic rings. The molecular formula is C24H18F6N4O. The van der Waals surface area contributed by atoms with Crippen LogP contribution in [-0.4, -0.2) is 30.1 Å². The molecule has 1 atom stereocenters. The molecule has 5 rings (SSSR count). The van der Waals surface area contributed by atoms with Crippen molar-refractivity contribution < 1.29 is 31.1 Å². The third kappa shape index (κ3) is 4.38. The number of aromatic nitrogens is 1. The molecule has 0 saturated carbocycles. The van der Waals surface area contributed by atoms with E-state index in [4.69, 9.17) is 0 Å². The second-order valence-corrected chi connectivity index (χ2v) is 8.39. The zero-order valence-electron chi connectivity index (χ0n) is 18.0. The van der Waals surface area contributed by atoms with Gasteiger partial charge in [-0.3, -0.25) is 4.90 Å². The topological polar surface area (TPSA) is 48.5 Å². The molecule has 0 aliphatic carbocycles. The third-order valence-corrected chi connectivity index (χ3v) is 6.10. The number of nitrogens with one attached hydrogen (secondary N) is 1. The number of pyridine rings is 1. The van der Waals surface area contributed by atoms with E-state index in [0.29, 0.717) is 25.2 Å². The van der Waals surface area contributed by atoms with E-state index in [-0.39, 0.29) is 28.8 Å². The Hall–Kier alpha value is -3.76. The lowest BCUT2D eigenvalue weighted by Gasteiger charge is -2.36. The highest BCUT2D eigenvalue weighted by Crippen LogP contribution is 2.41. The van der Waals surface area contributed by atoms with Crippen LogP contribution in [0, 0.1) is 0 Å². The van der Waals surface area contributed by atoms with Crippen LogP contribution in [0.1, 0.15) is 17.5 Å². The molecule has 2 amide bonds. The number of benzene rings is 2. The average molecular weight is 492 g/mol. The van der Waals surface area contributed by atoms with Gasteiger partial charge in [-0.05, 0) is 48.9 Å². The summed E-state index contributed by atoms with van der Waals surface area (Å²) < 4.78 is 78.8. The zero-order valence-corrected chi connectivity index (χ0v) is 18.0. The number of halogens is 6. The molecule has 1 saturated heterocycles. The van der Waals surface area contributed by atoms with E-state index in [1.807, 2.05) is 4.90 Å². The Morgan fingerprint density at radius 1 is 0.914 bits per heavy atom. The first-order chi connectivity index (χ1) is 16.5. The van der Waals surface area contributed by atoms with E-state index in [0.717, 1.165) is 24.3 Å². The van der Waals surface area contributed by atoms with E-state index in [9.17, 15) is 31.1 Å². The Labute approximate surface area is 196 Å². The minimum absolute atomic E-state index is 0.0270. The van der Waals surface area contributed by atoms with Crippen molar-refractivity contribution in [1.29, 1.82) is 0 Å². The summed E-state index contributed by atoms with van der Waals surface area (Å²) in [6.45, 7) is 1.17. The molecule has 1 N–H and O–H groups in total. The van der Waals surface area contributed by atoms with Crippen molar-refractivity contribution >= 4 is 23.2 Å².